The lowest BCUT2D eigenvalue weighted by Crippen LogP contribution is -2.20. The van der Waals surface area contributed by atoms with Crippen molar-refractivity contribution in [3.8, 4) is 11.3 Å². The molecule has 0 saturated heterocycles. The minimum atomic E-state index is -0.711. The van der Waals surface area contributed by atoms with E-state index in [4.69, 9.17) is 9.72 Å². The fourth-order valence-electron chi connectivity index (χ4n) is 3.86. The second-order valence-electron chi connectivity index (χ2n) is 7.62. The first kappa shape index (κ1) is 22.1. The number of thiazole rings is 1. The van der Waals surface area contributed by atoms with E-state index in [0.29, 0.717) is 26.9 Å². The number of halogens is 2. The van der Waals surface area contributed by atoms with Gasteiger partial charge < -0.3 is 9.30 Å². The lowest BCUT2D eigenvalue weighted by Gasteiger charge is -2.08. The second kappa shape index (κ2) is 9.24. The predicted molar refractivity (Wildman–Crippen MR) is 129 cm³/mol. The van der Waals surface area contributed by atoms with E-state index in [9.17, 15) is 13.6 Å². The number of aromatic nitrogens is 2. The first-order valence-electron chi connectivity index (χ1n) is 10.6. The summed E-state index contributed by atoms with van der Waals surface area (Å²) in [6.45, 7) is 0.540. The SMILES string of the molecule is COCCn1c(=NC(=O)c2cc(-c3ccccc3)nc3ccccc23)sc2cc(F)cc(F)c21. The summed E-state index contributed by atoms with van der Waals surface area (Å²) >= 11 is 1.06. The molecule has 0 bridgehead atoms. The van der Waals surface area contributed by atoms with Gasteiger partial charge >= 0.3 is 0 Å². The Morgan fingerprint density at radius 3 is 2.62 bits per heavy atom. The lowest BCUT2D eigenvalue weighted by molar-refractivity contribution is 0.0999. The van der Waals surface area contributed by atoms with Gasteiger partial charge in [-0.25, -0.2) is 13.8 Å². The smallest absolute Gasteiger partial charge is 0.280 e. The Balaban J connectivity index is 1.71. The minimum absolute atomic E-state index is 0.194. The average molecular weight is 476 g/mol. The Kier molecular flexibility index (Phi) is 6.00. The van der Waals surface area contributed by atoms with Gasteiger partial charge in [0.2, 0.25) is 0 Å². The van der Waals surface area contributed by atoms with E-state index < -0.39 is 17.5 Å². The third-order valence-electron chi connectivity index (χ3n) is 5.43. The molecule has 5 rings (SSSR count). The van der Waals surface area contributed by atoms with Gasteiger partial charge in [-0.1, -0.05) is 59.9 Å². The van der Waals surface area contributed by atoms with E-state index in [0.717, 1.165) is 23.0 Å². The Labute approximate surface area is 197 Å². The third kappa shape index (κ3) is 4.13. The number of amides is 1. The van der Waals surface area contributed by atoms with Crippen LogP contribution in [-0.2, 0) is 11.3 Å². The number of rotatable bonds is 5. The molecule has 0 atom stereocenters. The maximum Gasteiger partial charge on any atom is 0.280 e. The Morgan fingerprint density at radius 1 is 1.06 bits per heavy atom. The summed E-state index contributed by atoms with van der Waals surface area (Å²) in [6.07, 6.45) is 0. The van der Waals surface area contributed by atoms with Crippen LogP contribution >= 0.6 is 11.3 Å². The fourth-order valence-corrected chi connectivity index (χ4v) is 4.95. The molecule has 0 aliphatic heterocycles. The highest BCUT2D eigenvalue weighted by atomic mass is 32.1. The van der Waals surface area contributed by atoms with Crippen molar-refractivity contribution in [3.05, 3.63) is 94.8 Å². The number of carbonyl (C=O) groups excluding carboxylic acids is 1. The fraction of sp³-hybridized carbons (Fsp3) is 0.115. The van der Waals surface area contributed by atoms with Crippen LogP contribution in [-0.4, -0.2) is 29.2 Å². The number of hydrogen-bond donors (Lipinski definition) is 0. The van der Waals surface area contributed by atoms with E-state index in [1.165, 1.54) is 13.2 Å². The van der Waals surface area contributed by atoms with Crippen LogP contribution in [0.1, 0.15) is 10.4 Å². The summed E-state index contributed by atoms with van der Waals surface area (Å²) in [4.78, 5) is 22.8. The van der Waals surface area contributed by atoms with Crippen molar-refractivity contribution >= 4 is 38.4 Å². The predicted octanol–water partition coefficient (Wildman–Crippen LogP) is 5.58. The largest absolute Gasteiger partial charge is 0.383 e. The number of hydrogen-bond acceptors (Lipinski definition) is 4. The molecule has 0 unspecified atom stereocenters. The number of ether oxygens (including phenoxy) is 1. The second-order valence-corrected chi connectivity index (χ2v) is 8.63. The van der Waals surface area contributed by atoms with Gasteiger partial charge in [-0.3, -0.25) is 4.79 Å². The van der Waals surface area contributed by atoms with Crippen molar-refractivity contribution in [2.75, 3.05) is 13.7 Å². The van der Waals surface area contributed by atoms with Gasteiger partial charge in [0.05, 0.1) is 33.6 Å². The van der Waals surface area contributed by atoms with Crippen LogP contribution < -0.4 is 4.80 Å². The molecule has 2 heterocycles. The van der Waals surface area contributed by atoms with Crippen molar-refractivity contribution in [2.45, 2.75) is 6.54 Å². The highest BCUT2D eigenvalue weighted by Crippen LogP contribution is 2.26. The van der Waals surface area contributed by atoms with Crippen LogP contribution in [0.15, 0.2) is 77.8 Å². The number of pyridine rings is 1. The van der Waals surface area contributed by atoms with E-state index in [-0.39, 0.29) is 23.5 Å². The lowest BCUT2D eigenvalue weighted by atomic mass is 10.0. The molecule has 8 heteroatoms. The molecule has 5 nitrogen and oxygen atoms in total. The first-order chi connectivity index (χ1) is 16.5. The molecule has 1 amide bonds. The van der Waals surface area contributed by atoms with Crippen LogP contribution in [0.5, 0.6) is 0 Å². The topological polar surface area (TPSA) is 56.5 Å². The molecule has 0 fully saturated rings. The van der Waals surface area contributed by atoms with Crippen molar-refractivity contribution < 1.29 is 18.3 Å². The average Bonchev–Trinajstić information content (AvgIpc) is 3.19. The van der Waals surface area contributed by atoms with E-state index >= 15 is 0 Å². The van der Waals surface area contributed by atoms with Crippen LogP contribution in [0.4, 0.5) is 8.78 Å². The molecular weight excluding hydrogens is 456 g/mol. The van der Waals surface area contributed by atoms with Crippen LogP contribution in [0.3, 0.4) is 0 Å². The summed E-state index contributed by atoms with van der Waals surface area (Å²) in [5.74, 6) is -1.89. The Morgan fingerprint density at radius 2 is 1.82 bits per heavy atom. The van der Waals surface area contributed by atoms with Crippen molar-refractivity contribution in [1.29, 1.82) is 0 Å². The maximum atomic E-state index is 14.6. The Bertz CT molecular complexity index is 1590. The number of nitrogens with zero attached hydrogens (tertiary/aromatic N) is 3. The van der Waals surface area contributed by atoms with Gasteiger partial charge in [0.25, 0.3) is 5.91 Å². The number of fused-ring (bicyclic) bond motifs is 2. The van der Waals surface area contributed by atoms with Crippen molar-refractivity contribution in [2.24, 2.45) is 4.99 Å². The van der Waals surface area contributed by atoms with Gasteiger partial charge in [-0.2, -0.15) is 4.99 Å². The van der Waals surface area contributed by atoms with Crippen LogP contribution in [0, 0.1) is 11.6 Å². The summed E-state index contributed by atoms with van der Waals surface area (Å²) in [7, 11) is 1.53. The minimum Gasteiger partial charge on any atom is -0.383 e. The van der Waals surface area contributed by atoms with E-state index in [1.54, 1.807) is 10.6 Å². The third-order valence-corrected chi connectivity index (χ3v) is 6.45. The zero-order valence-corrected chi connectivity index (χ0v) is 19.0. The summed E-state index contributed by atoms with van der Waals surface area (Å²) in [5, 5.41) is 0.665. The highest BCUT2D eigenvalue weighted by molar-refractivity contribution is 7.16. The molecule has 0 N–H and O–H groups in total. The number of para-hydroxylation sites is 1. The normalized spacial score (nSPS) is 12.0. The van der Waals surface area contributed by atoms with E-state index in [2.05, 4.69) is 4.99 Å². The number of methoxy groups -OCH3 is 1. The van der Waals surface area contributed by atoms with Gasteiger partial charge in [0.1, 0.15) is 5.82 Å². The summed E-state index contributed by atoms with van der Waals surface area (Å²) in [6, 6.07) is 20.7. The van der Waals surface area contributed by atoms with Gasteiger partial charge in [0.15, 0.2) is 10.6 Å². The zero-order valence-electron chi connectivity index (χ0n) is 18.2. The maximum absolute atomic E-state index is 14.6. The standard InChI is InChI=1S/C26H19F2N3O2S/c1-33-12-11-31-24-20(28)13-17(27)14-23(24)34-26(31)30-25(32)19-15-22(16-7-3-2-4-8-16)29-21-10-6-5-9-18(19)21/h2-10,13-15H,11-12H2,1H3. The number of benzene rings is 3. The van der Waals surface area contributed by atoms with Gasteiger partial charge in [-0.05, 0) is 18.2 Å². The van der Waals surface area contributed by atoms with Gasteiger partial charge in [0, 0.05) is 30.7 Å². The first-order valence-corrected chi connectivity index (χ1v) is 11.4. The molecule has 0 spiro atoms. The molecule has 0 aliphatic rings. The molecule has 5 aromatic rings. The van der Waals surface area contributed by atoms with Gasteiger partial charge in [-0.15, -0.1) is 0 Å². The molecule has 170 valence electrons. The van der Waals surface area contributed by atoms with Crippen LogP contribution in [0.2, 0.25) is 0 Å². The molecule has 34 heavy (non-hydrogen) atoms. The summed E-state index contributed by atoms with van der Waals surface area (Å²) < 4.78 is 35.5. The molecule has 3 aromatic carbocycles. The number of carbonyl (C=O) groups is 1. The summed E-state index contributed by atoms with van der Waals surface area (Å²) in [5.41, 5.74) is 2.76. The quantitative estimate of drug-likeness (QED) is 0.333. The molecule has 0 aliphatic carbocycles. The van der Waals surface area contributed by atoms with Crippen molar-refractivity contribution in [1.82, 2.24) is 9.55 Å². The zero-order chi connectivity index (χ0) is 23.7. The van der Waals surface area contributed by atoms with Crippen molar-refractivity contribution in [3.63, 3.8) is 0 Å². The highest BCUT2D eigenvalue weighted by Gasteiger charge is 2.17. The van der Waals surface area contributed by atoms with E-state index in [1.807, 2.05) is 54.6 Å². The Hall–Kier alpha value is -3.75. The molecular formula is C26H19F2N3O2S. The monoisotopic (exact) mass is 475 g/mol. The van der Waals surface area contributed by atoms with Crippen LogP contribution in [0.25, 0.3) is 32.4 Å². The molecule has 0 saturated carbocycles. The molecule has 0 radical (unpaired) electrons. The molecule has 2 aromatic heterocycles.